The van der Waals surface area contributed by atoms with E-state index in [-0.39, 0.29) is 15.6 Å². The van der Waals surface area contributed by atoms with Crippen LogP contribution in [0.5, 0.6) is 0 Å². The van der Waals surface area contributed by atoms with Gasteiger partial charge in [0.05, 0.1) is 29.2 Å². The van der Waals surface area contributed by atoms with Crippen molar-refractivity contribution in [1.29, 1.82) is 0 Å². The number of fused-ring (bicyclic) bond motifs is 1. The molecule has 0 radical (unpaired) electrons. The van der Waals surface area contributed by atoms with Crippen LogP contribution in [0.25, 0.3) is 11.0 Å². The van der Waals surface area contributed by atoms with Crippen LogP contribution in [0.1, 0.15) is 22.3 Å². The van der Waals surface area contributed by atoms with E-state index in [9.17, 15) is 13.2 Å². The van der Waals surface area contributed by atoms with Gasteiger partial charge in [-0.15, -0.1) is 0 Å². The summed E-state index contributed by atoms with van der Waals surface area (Å²) in [6.45, 7) is 2.75. The topological polar surface area (TPSA) is 105 Å². The SMILES string of the molecule is O=C(CCc1ccc(S(=O)(=O)c2cccc(N3CCOCC3)c2)cc1)c1cnc2[nH]ncc2c1. The number of nitrogens with zero attached hydrogens (tertiary/aromatic N) is 3. The van der Waals surface area contributed by atoms with Crippen LogP contribution in [-0.4, -0.2) is 55.7 Å². The quantitative estimate of drug-likeness (QED) is 0.407. The summed E-state index contributed by atoms with van der Waals surface area (Å²) in [4.78, 5) is 19.4. The Labute approximate surface area is 197 Å². The fourth-order valence-electron chi connectivity index (χ4n) is 4.03. The molecule has 0 unspecified atom stereocenters. The van der Waals surface area contributed by atoms with Crippen LogP contribution in [0.4, 0.5) is 5.69 Å². The van der Waals surface area contributed by atoms with Crippen LogP contribution in [0, 0.1) is 0 Å². The van der Waals surface area contributed by atoms with E-state index in [4.69, 9.17) is 4.74 Å². The monoisotopic (exact) mass is 476 g/mol. The van der Waals surface area contributed by atoms with Crippen molar-refractivity contribution in [3.63, 3.8) is 0 Å². The third-order valence-electron chi connectivity index (χ3n) is 5.99. The molecule has 0 spiro atoms. The maximum absolute atomic E-state index is 13.2. The molecule has 174 valence electrons. The number of ketones is 1. The highest BCUT2D eigenvalue weighted by Crippen LogP contribution is 2.26. The van der Waals surface area contributed by atoms with Gasteiger partial charge in [-0.25, -0.2) is 13.4 Å². The number of aromatic nitrogens is 3. The number of pyridine rings is 1. The lowest BCUT2D eigenvalue weighted by Gasteiger charge is -2.29. The Bertz CT molecular complexity index is 1420. The summed E-state index contributed by atoms with van der Waals surface area (Å²) in [5, 5.41) is 7.47. The molecule has 1 aliphatic heterocycles. The van der Waals surface area contributed by atoms with Crippen LogP contribution in [0.3, 0.4) is 0 Å². The number of nitrogens with one attached hydrogen (secondary N) is 1. The smallest absolute Gasteiger partial charge is 0.206 e. The molecule has 3 heterocycles. The summed E-state index contributed by atoms with van der Waals surface area (Å²) in [6, 6.07) is 15.6. The Balaban J connectivity index is 1.27. The summed E-state index contributed by atoms with van der Waals surface area (Å²) in [7, 11) is -3.65. The van der Waals surface area contributed by atoms with Gasteiger partial charge in [0, 0.05) is 42.3 Å². The molecular weight excluding hydrogens is 452 g/mol. The van der Waals surface area contributed by atoms with Gasteiger partial charge < -0.3 is 9.64 Å². The molecule has 2 aromatic carbocycles. The molecule has 4 aromatic rings. The van der Waals surface area contributed by atoms with Crippen LogP contribution in [0.2, 0.25) is 0 Å². The normalized spacial score (nSPS) is 14.4. The van der Waals surface area contributed by atoms with Gasteiger partial charge in [0.15, 0.2) is 11.4 Å². The number of aryl methyl sites for hydroxylation is 1. The Morgan fingerprint density at radius 1 is 1.00 bits per heavy atom. The minimum absolute atomic E-state index is 0.0211. The van der Waals surface area contributed by atoms with Gasteiger partial charge in [-0.2, -0.15) is 5.10 Å². The molecule has 0 saturated carbocycles. The van der Waals surface area contributed by atoms with E-state index in [1.807, 2.05) is 6.07 Å². The molecule has 0 aliphatic carbocycles. The highest BCUT2D eigenvalue weighted by atomic mass is 32.2. The first-order valence-corrected chi connectivity index (χ1v) is 12.6. The maximum Gasteiger partial charge on any atom is 0.206 e. The van der Waals surface area contributed by atoms with Gasteiger partial charge in [-0.1, -0.05) is 18.2 Å². The van der Waals surface area contributed by atoms with Gasteiger partial charge in [0.2, 0.25) is 9.84 Å². The molecule has 1 fully saturated rings. The number of carbonyl (C=O) groups is 1. The maximum atomic E-state index is 13.2. The van der Waals surface area contributed by atoms with Crippen molar-refractivity contribution in [2.75, 3.05) is 31.2 Å². The highest BCUT2D eigenvalue weighted by Gasteiger charge is 2.20. The largest absolute Gasteiger partial charge is 0.378 e. The van der Waals surface area contributed by atoms with E-state index < -0.39 is 9.84 Å². The third kappa shape index (κ3) is 4.57. The lowest BCUT2D eigenvalue weighted by molar-refractivity contribution is 0.0982. The summed E-state index contributed by atoms with van der Waals surface area (Å²) in [5.74, 6) is -0.0211. The minimum Gasteiger partial charge on any atom is -0.378 e. The number of H-pyrrole nitrogens is 1. The average molecular weight is 477 g/mol. The van der Waals surface area contributed by atoms with Gasteiger partial charge in [-0.3, -0.25) is 9.89 Å². The molecule has 8 nitrogen and oxygen atoms in total. The second-order valence-electron chi connectivity index (χ2n) is 8.20. The van der Waals surface area contributed by atoms with Crippen LogP contribution < -0.4 is 4.90 Å². The van der Waals surface area contributed by atoms with E-state index in [2.05, 4.69) is 20.1 Å². The zero-order valence-corrected chi connectivity index (χ0v) is 19.3. The van der Waals surface area contributed by atoms with E-state index in [1.165, 1.54) is 0 Å². The second kappa shape index (κ2) is 9.36. The molecule has 0 amide bonds. The number of benzene rings is 2. The van der Waals surface area contributed by atoms with Crippen LogP contribution in [-0.2, 0) is 21.0 Å². The molecule has 1 N–H and O–H groups in total. The molecule has 1 aliphatic rings. The predicted molar refractivity (Wildman–Crippen MR) is 128 cm³/mol. The number of Topliss-reactive ketones (excluding diaryl/α,β-unsaturated/α-hetero) is 1. The van der Waals surface area contributed by atoms with Gasteiger partial charge in [0.25, 0.3) is 0 Å². The number of hydrogen-bond donors (Lipinski definition) is 1. The van der Waals surface area contributed by atoms with E-state index in [0.29, 0.717) is 37.3 Å². The van der Waals surface area contributed by atoms with Gasteiger partial charge in [0.1, 0.15) is 0 Å². The Hall–Kier alpha value is -3.56. The van der Waals surface area contributed by atoms with Crippen molar-refractivity contribution in [3.8, 4) is 0 Å². The molecule has 2 aromatic heterocycles. The van der Waals surface area contributed by atoms with Crippen molar-refractivity contribution in [2.24, 2.45) is 0 Å². The summed E-state index contributed by atoms with van der Waals surface area (Å²) in [5.41, 5.74) is 2.95. The van der Waals surface area contributed by atoms with E-state index >= 15 is 0 Å². The number of ether oxygens (including phenoxy) is 1. The average Bonchev–Trinajstić information content (AvgIpc) is 3.36. The summed E-state index contributed by atoms with van der Waals surface area (Å²) >= 11 is 0. The Morgan fingerprint density at radius 3 is 2.59 bits per heavy atom. The van der Waals surface area contributed by atoms with Crippen LogP contribution in [0.15, 0.2) is 76.8 Å². The third-order valence-corrected chi connectivity index (χ3v) is 7.76. The van der Waals surface area contributed by atoms with Crippen molar-refractivity contribution in [2.45, 2.75) is 22.6 Å². The standard InChI is InChI=1S/C25H24N4O4S/c30-24(19-14-20-17-27-28-25(20)26-16-19)9-6-18-4-7-22(8-5-18)34(31,32)23-3-1-2-21(15-23)29-10-12-33-13-11-29/h1-5,7-8,14-17H,6,9-13H2,(H,26,27,28). The fraction of sp³-hybridized carbons (Fsp3) is 0.240. The highest BCUT2D eigenvalue weighted by molar-refractivity contribution is 7.91. The number of hydrogen-bond acceptors (Lipinski definition) is 7. The second-order valence-corrected chi connectivity index (χ2v) is 10.1. The zero-order chi connectivity index (χ0) is 23.5. The first-order chi connectivity index (χ1) is 16.5. The number of aromatic amines is 1. The number of carbonyl (C=O) groups excluding carboxylic acids is 1. The summed E-state index contributed by atoms with van der Waals surface area (Å²) in [6.07, 6.45) is 3.99. The lowest BCUT2D eigenvalue weighted by atomic mass is 10.0. The van der Waals surface area contributed by atoms with Gasteiger partial charge in [-0.05, 0) is 48.4 Å². The van der Waals surface area contributed by atoms with Crippen LogP contribution >= 0.6 is 0 Å². The summed E-state index contributed by atoms with van der Waals surface area (Å²) < 4.78 is 31.8. The first kappa shape index (κ1) is 22.2. The number of rotatable bonds is 7. The van der Waals surface area contributed by atoms with Crippen molar-refractivity contribution >= 4 is 32.3 Å². The van der Waals surface area contributed by atoms with Crippen molar-refractivity contribution in [3.05, 3.63) is 78.1 Å². The fourth-order valence-corrected chi connectivity index (χ4v) is 5.33. The predicted octanol–water partition coefficient (Wildman–Crippen LogP) is 3.44. The number of sulfone groups is 1. The Kier molecular flexibility index (Phi) is 6.12. The lowest BCUT2D eigenvalue weighted by Crippen LogP contribution is -2.36. The molecule has 5 rings (SSSR count). The molecule has 34 heavy (non-hydrogen) atoms. The van der Waals surface area contributed by atoms with E-state index in [0.717, 1.165) is 29.7 Å². The Morgan fingerprint density at radius 2 is 1.79 bits per heavy atom. The molecule has 0 bridgehead atoms. The number of anilines is 1. The molecule has 9 heteroatoms. The molecule has 1 saturated heterocycles. The molecule has 0 atom stereocenters. The van der Waals surface area contributed by atoms with Crippen molar-refractivity contribution in [1.82, 2.24) is 15.2 Å². The number of morpholine rings is 1. The first-order valence-electron chi connectivity index (χ1n) is 11.1. The zero-order valence-electron chi connectivity index (χ0n) is 18.5. The molecular formula is C25H24N4O4S. The van der Waals surface area contributed by atoms with E-state index in [1.54, 1.807) is 60.9 Å². The van der Waals surface area contributed by atoms with Gasteiger partial charge >= 0.3 is 0 Å². The van der Waals surface area contributed by atoms with Crippen molar-refractivity contribution < 1.29 is 17.9 Å². The minimum atomic E-state index is -3.65.